The van der Waals surface area contributed by atoms with Gasteiger partial charge in [-0.05, 0) is 224 Å². The summed E-state index contributed by atoms with van der Waals surface area (Å²) < 4.78 is 99.2. The lowest BCUT2D eigenvalue weighted by atomic mass is 9.84. The topological polar surface area (TPSA) is 245 Å². The second-order valence-corrected chi connectivity index (χ2v) is 49.6. The highest BCUT2D eigenvalue weighted by Gasteiger charge is 2.34. The zero-order valence-corrected chi connectivity index (χ0v) is 93.6. The van der Waals surface area contributed by atoms with Crippen LogP contribution >= 0.6 is 11.8 Å². The molecule has 6 aliphatic rings. The summed E-state index contributed by atoms with van der Waals surface area (Å²) in [6, 6.07) is 47.7. The number of carbonyl (C=O) groups excluding carboxylic acids is 4. The maximum Gasteiger partial charge on any atom is 0.414 e. The minimum absolute atomic E-state index is 0.00409. The first-order chi connectivity index (χ1) is 65.5. The molecule has 0 radical (unpaired) electrons. The van der Waals surface area contributed by atoms with Crippen molar-refractivity contribution in [3.63, 3.8) is 0 Å². The van der Waals surface area contributed by atoms with Gasteiger partial charge in [0.1, 0.15) is 59.2 Å². The number of amides is 4. The quantitative estimate of drug-likeness (QED) is 0.0816. The van der Waals surface area contributed by atoms with Crippen LogP contribution in [-0.2, 0) is 86.9 Å². The molecule has 141 heavy (non-hydrogen) atoms. The Morgan fingerprint density at radius 1 is 0.355 bits per heavy atom. The lowest BCUT2D eigenvalue weighted by Crippen LogP contribution is -2.43. The van der Waals surface area contributed by atoms with Crippen LogP contribution in [0.5, 0.6) is 46.0 Å². The number of methoxy groups -OCH3 is 8. The van der Waals surface area contributed by atoms with Gasteiger partial charge in [-0.25, -0.2) is 21.6 Å². The zero-order valence-electron chi connectivity index (χ0n) is 91.1. The van der Waals surface area contributed by atoms with Crippen molar-refractivity contribution in [3.05, 3.63) is 213 Å². The first-order valence-corrected chi connectivity index (χ1v) is 53.3. The van der Waals surface area contributed by atoms with E-state index in [0.29, 0.717) is 50.5 Å². The van der Waals surface area contributed by atoms with Gasteiger partial charge >= 0.3 is 6.09 Å². The number of cyclic esters (lactones) is 1. The molecule has 4 fully saturated rings. The van der Waals surface area contributed by atoms with Crippen LogP contribution in [0.3, 0.4) is 0 Å². The Hall–Kier alpha value is -10.7. The van der Waals surface area contributed by atoms with Crippen molar-refractivity contribution in [2.24, 2.45) is 0 Å². The Bertz CT molecular complexity index is 5810. The van der Waals surface area contributed by atoms with Crippen LogP contribution in [0.1, 0.15) is 254 Å². The highest BCUT2D eigenvalue weighted by molar-refractivity contribution is 7.99. The van der Waals surface area contributed by atoms with E-state index < -0.39 is 19.7 Å². The summed E-state index contributed by atoms with van der Waals surface area (Å²) in [6.07, 6.45) is 9.19. The molecule has 4 saturated heterocycles. The van der Waals surface area contributed by atoms with Gasteiger partial charge in [0.25, 0.3) is 5.91 Å². The number of hydrogen-bond donors (Lipinski definition) is 0. The van der Waals surface area contributed by atoms with E-state index in [1.165, 1.54) is 46.4 Å². The van der Waals surface area contributed by atoms with E-state index in [1.807, 2.05) is 141 Å². The molecule has 0 unspecified atom stereocenters. The Morgan fingerprint density at radius 3 is 0.979 bits per heavy atom. The van der Waals surface area contributed by atoms with Gasteiger partial charge in [-0.3, -0.25) is 19.3 Å². The number of benzene rings is 8. The third kappa shape index (κ3) is 33.2. The lowest BCUT2D eigenvalue weighted by Gasteiger charge is -2.32. The van der Waals surface area contributed by atoms with Crippen molar-refractivity contribution in [2.45, 2.75) is 246 Å². The molecule has 8 aromatic carbocycles. The normalized spacial score (nSPS) is 15.6. The number of allylic oxidation sites excluding steroid dienone is 2. The third-order valence-electron chi connectivity index (χ3n) is 24.8. The van der Waals surface area contributed by atoms with Crippen molar-refractivity contribution in [2.75, 3.05) is 171 Å². The highest BCUT2D eigenvalue weighted by Crippen LogP contribution is 2.44. The SMILES string of the molecule is COc1ccc(C2=CCS(=O)(=O)CC2)cc1C(C)(C)C.COc1ccc(C2=CCSCC2)cc1C(C)(C)C.COc1ccc(N(C)C)cc1C(C)(C)C.COc1ccc(N2CCC2=O)cc1C(C)(C)C.COc1ccc(N2CCCC2=O)cc1C(C)(C)C.COc1ccc(N2CCOC2=O)cc1C(C)(C)C.COc1ccc(N2CCOCC2=O)cc1C(C)(C)C.COc1ccc(S(C)(=O)=O)cc1C(C)(C)C. The summed E-state index contributed by atoms with van der Waals surface area (Å²) in [5.74, 6) is 10.3. The second-order valence-electron chi connectivity index (χ2n) is 44.2. The molecule has 0 N–H and O–H groups in total. The lowest BCUT2D eigenvalue weighted by molar-refractivity contribution is -0.125. The van der Waals surface area contributed by atoms with E-state index in [-0.39, 0.29) is 85.2 Å². The summed E-state index contributed by atoms with van der Waals surface area (Å²) in [4.78, 5) is 56.2. The number of sulfone groups is 2. The van der Waals surface area contributed by atoms with Gasteiger partial charge in [0.15, 0.2) is 19.7 Å². The van der Waals surface area contributed by atoms with Gasteiger partial charge < -0.3 is 67.0 Å². The Kier molecular flexibility index (Phi) is 41.2. The molecule has 23 nitrogen and oxygen atoms in total. The van der Waals surface area contributed by atoms with E-state index in [0.717, 1.165) is 139 Å². The van der Waals surface area contributed by atoms with Gasteiger partial charge in [-0.2, -0.15) is 11.8 Å². The predicted molar refractivity (Wildman–Crippen MR) is 583 cm³/mol. The fraction of sp³-hybridized carbons (Fsp3) is 0.513. The summed E-state index contributed by atoms with van der Waals surface area (Å²) in [7, 11) is 11.5. The van der Waals surface area contributed by atoms with Gasteiger partial charge in [0.2, 0.25) is 11.8 Å². The minimum Gasteiger partial charge on any atom is -0.496 e. The number of ether oxygens (including phenoxy) is 10. The fourth-order valence-corrected chi connectivity index (χ4v) is 19.2. The van der Waals surface area contributed by atoms with Crippen LogP contribution in [0.25, 0.3) is 11.1 Å². The van der Waals surface area contributed by atoms with Crippen LogP contribution in [0.4, 0.5) is 33.2 Å². The number of nitrogens with zero attached hydrogens (tertiary/aromatic N) is 5. The number of anilines is 5. The van der Waals surface area contributed by atoms with Crippen molar-refractivity contribution >= 4 is 94.8 Å². The van der Waals surface area contributed by atoms with E-state index in [9.17, 15) is 36.0 Å². The number of thioether (sulfide) groups is 1. The minimum atomic E-state index is -3.17. The molecule has 0 saturated carbocycles. The van der Waals surface area contributed by atoms with Gasteiger partial charge in [-0.1, -0.05) is 190 Å². The molecule has 0 aromatic heterocycles. The number of carbonyl (C=O) groups is 4. The monoisotopic (exact) mass is 2000 g/mol. The molecule has 0 spiro atoms. The Balaban J connectivity index is 0.000000219. The van der Waals surface area contributed by atoms with E-state index in [1.54, 1.807) is 84.9 Å². The van der Waals surface area contributed by atoms with Crippen molar-refractivity contribution < 1.29 is 83.4 Å². The van der Waals surface area contributed by atoms with Gasteiger partial charge in [-0.15, -0.1) is 0 Å². The molecular formula is C115H163N5O18S3. The van der Waals surface area contributed by atoms with E-state index in [2.05, 4.69) is 205 Å². The molecule has 6 heterocycles. The number of hydrogen-bond acceptors (Lipinski definition) is 20. The summed E-state index contributed by atoms with van der Waals surface area (Å²) >= 11 is 2.01. The number of β-lactam (4-membered cyclic amide) rings is 1. The molecule has 4 amide bonds. The maximum atomic E-state index is 11.9. The van der Waals surface area contributed by atoms with Crippen molar-refractivity contribution in [3.8, 4) is 46.0 Å². The molecule has 0 aliphatic carbocycles. The van der Waals surface area contributed by atoms with Gasteiger partial charge in [0, 0.05) is 132 Å². The van der Waals surface area contributed by atoms with Crippen LogP contribution in [0.15, 0.2) is 163 Å². The van der Waals surface area contributed by atoms with Crippen LogP contribution in [-0.4, -0.2) is 187 Å². The molecule has 0 bridgehead atoms. The maximum absolute atomic E-state index is 11.9. The smallest absolute Gasteiger partial charge is 0.414 e. The molecule has 26 heteroatoms. The molecular weight excluding hydrogens is 1840 g/mol. The van der Waals surface area contributed by atoms with Crippen molar-refractivity contribution in [1.29, 1.82) is 0 Å². The fourth-order valence-electron chi connectivity index (χ4n) is 16.5. The molecule has 774 valence electrons. The van der Waals surface area contributed by atoms with E-state index in [4.69, 9.17) is 47.4 Å². The summed E-state index contributed by atoms with van der Waals surface area (Å²) in [6.45, 7) is 55.6. The second kappa shape index (κ2) is 49.5. The number of morpholine rings is 1. The average Bonchev–Trinajstić information content (AvgIpc) is 1.39. The highest BCUT2D eigenvalue weighted by atomic mass is 32.2. The van der Waals surface area contributed by atoms with Gasteiger partial charge in [0.05, 0.1) is 86.4 Å². The molecule has 14 rings (SSSR count). The average molecular weight is 2000 g/mol. The Labute approximate surface area is 849 Å². The molecule has 6 aliphatic heterocycles. The first kappa shape index (κ1) is 117. The summed E-state index contributed by atoms with van der Waals surface area (Å²) in [5, 5.41) is 0. The third-order valence-corrected chi connectivity index (χ3v) is 28.3. The zero-order chi connectivity index (χ0) is 106. The first-order valence-electron chi connectivity index (χ1n) is 48.5. The van der Waals surface area contributed by atoms with Crippen molar-refractivity contribution in [1.82, 2.24) is 0 Å². The number of rotatable bonds is 16. The van der Waals surface area contributed by atoms with Crippen LogP contribution < -0.4 is 62.4 Å². The van der Waals surface area contributed by atoms with Crippen LogP contribution in [0, 0.1) is 0 Å². The molecule has 8 aromatic rings. The Morgan fingerprint density at radius 2 is 0.681 bits per heavy atom. The largest absolute Gasteiger partial charge is 0.496 e. The summed E-state index contributed by atoms with van der Waals surface area (Å²) in [5.41, 5.74) is 19.1. The van der Waals surface area contributed by atoms with E-state index >= 15 is 0 Å². The predicted octanol–water partition coefficient (Wildman–Crippen LogP) is 24.3. The molecule has 0 atom stereocenters. The standard InChI is InChI=1S/C16H22O3S.C16H22OS.C15H21NO3.C15H21NO2.C14H19NO3.C14H19NO2.C13H21NO.C12H18O3S/c1-16(2,3)14-11-13(5-6-15(14)19-4)12-7-9-20(17,18)10-8-12;1-16(2,3)14-11-13(5-6-15(14)17-4)12-7-9-18-10-8-12;1-15(2,3)12-9-11(5-6-13(12)18-4)16-7-8-19-10-14(16)17;1-15(2,3)12-10-11(7-8-13(12)18-4)16-9-5-6-14(16)17;1-14(2,3)11-9-10(5-6-12(11)17-4)15-7-8-18-13(15)16;1-14(2,3)11-9-10(5-6-12(11)17-4)15-8-7-13(15)16;1-13(2,3)11-9-10(14(4)5)7-8-12(11)15-6;1-12(2,3)10-8-9(16(5,13)14)6-7-11(10)15-4/h5-7,11H,8-10H2,1-4H3;5-7,11H,8-10H2,1-4H3;5-6,9H,7-8,10H2,1-4H3;7-8,10H,5-6,9H2,1-4H3;5-6,9H,7-8H2,1-4H3;5-6,9H,7-8H2,1-4H3;7-9H,1-6H3;6-8H,1-5H3. The van der Waals surface area contributed by atoms with Crippen LogP contribution in [0.2, 0.25) is 0 Å².